The number of hydrogen-bond donors (Lipinski definition) is 1. The van der Waals surface area contributed by atoms with Crippen molar-refractivity contribution in [1.29, 1.82) is 0 Å². The SMILES string of the molecule is CCN(Cc1nc(C)cc(Cl)n1)CC1CCCNC1. The molecule has 19 heavy (non-hydrogen) atoms. The van der Waals surface area contributed by atoms with Crippen molar-refractivity contribution in [2.75, 3.05) is 26.2 Å². The minimum atomic E-state index is 0.540. The molecule has 106 valence electrons. The minimum Gasteiger partial charge on any atom is -0.316 e. The lowest BCUT2D eigenvalue weighted by Gasteiger charge is -2.29. The van der Waals surface area contributed by atoms with Gasteiger partial charge in [-0.1, -0.05) is 18.5 Å². The van der Waals surface area contributed by atoms with Crippen LogP contribution in [0.4, 0.5) is 0 Å². The fourth-order valence-electron chi connectivity index (χ4n) is 2.61. The molecule has 1 saturated heterocycles. The van der Waals surface area contributed by atoms with Crippen molar-refractivity contribution in [1.82, 2.24) is 20.2 Å². The first-order valence-electron chi connectivity index (χ1n) is 7.10. The molecule has 0 aromatic carbocycles. The zero-order valence-electron chi connectivity index (χ0n) is 11.8. The Balaban J connectivity index is 1.93. The normalized spacial score (nSPS) is 19.9. The van der Waals surface area contributed by atoms with Crippen LogP contribution >= 0.6 is 11.6 Å². The van der Waals surface area contributed by atoms with E-state index in [1.165, 1.54) is 19.4 Å². The Morgan fingerprint density at radius 1 is 1.47 bits per heavy atom. The topological polar surface area (TPSA) is 41.1 Å². The highest BCUT2D eigenvalue weighted by Gasteiger charge is 2.17. The van der Waals surface area contributed by atoms with Crippen molar-refractivity contribution in [2.45, 2.75) is 33.2 Å². The van der Waals surface area contributed by atoms with Gasteiger partial charge in [0, 0.05) is 12.2 Å². The van der Waals surface area contributed by atoms with Crippen LogP contribution in [0.25, 0.3) is 0 Å². The second kappa shape index (κ2) is 7.17. The largest absolute Gasteiger partial charge is 0.316 e. The van der Waals surface area contributed by atoms with E-state index in [0.717, 1.165) is 43.6 Å². The maximum atomic E-state index is 5.99. The quantitative estimate of drug-likeness (QED) is 0.841. The van der Waals surface area contributed by atoms with Gasteiger partial charge in [-0.3, -0.25) is 4.90 Å². The van der Waals surface area contributed by atoms with Gasteiger partial charge < -0.3 is 5.32 Å². The number of nitrogens with one attached hydrogen (secondary N) is 1. The predicted molar refractivity (Wildman–Crippen MR) is 78.3 cm³/mol. The number of halogens is 1. The molecule has 0 aliphatic carbocycles. The van der Waals surface area contributed by atoms with Crippen LogP contribution in [0.1, 0.15) is 31.3 Å². The van der Waals surface area contributed by atoms with Gasteiger partial charge in [0.15, 0.2) is 0 Å². The van der Waals surface area contributed by atoms with Crippen LogP contribution in [-0.4, -0.2) is 41.0 Å². The molecule has 1 aromatic heterocycles. The molecule has 2 rings (SSSR count). The van der Waals surface area contributed by atoms with Gasteiger partial charge >= 0.3 is 0 Å². The Labute approximate surface area is 120 Å². The van der Waals surface area contributed by atoms with Gasteiger partial charge in [0.1, 0.15) is 11.0 Å². The second-order valence-electron chi connectivity index (χ2n) is 5.29. The molecule has 0 spiro atoms. The lowest BCUT2D eigenvalue weighted by Crippen LogP contribution is -2.38. The average Bonchev–Trinajstić information content (AvgIpc) is 2.38. The molecule has 1 atom stereocenters. The summed E-state index contributed by atoms with van der Waals surface area (Å²) in [5.41, 5.74) is 0.936. The highest BCUT2D eigenvalue weighted by molar-refractivity contribution is 6.29. The van der Waals surface area contributed by atoms with Gasteiger partial charge in [0.25, 0.3) is 0 Å². The van der Waals surface area contributed by atoms with E-state index in [0.29, 0.717) is 5.15 Å². The Kier molecular flexibility index (Phi) is 5.55. The van der Waals surface area contributed by atoms with Crippen molar-refractivity contribution < 1.29 is 0 Å². The number of aromatic nitrogens is 2. The number of piperidine rings is 1. The Morgan fingerprint density at radius 3 is 2.95 bits per heavy atom. The first-order valence-corrected chi connectivity index (χ1v) is 7.48. The van der Waals surface area contributed by atoms with Crippen LogP contribution in [-0.2, 0) is 6.54 Å². The van der Waals surface area contributed by atoms with Crippen molar-refractivity contribution in [2.24, 2.45) is 5.92 Å². The molecule has 1 unspecified atom stereocenters. The highest BCUT2D eigenvalue weighted by atomic mass is 35.5. The molecule has 0 radical (unpaired) electrons. The Bertz CT molecular complexity index is 384. The van der Waals surface area contributed by atoms with Gasteiger partial charge in [-0.15, -0.1) is 0 Å². The molecular formula is C14H23ClN4. The van der Waals surface area contributed by atoms with Crippen molar-refractivity contribution in [3.8, 4) is 0 Å². The minimum absolute atomic E-state index is 0.540. The van der Waals surface area contributed by atoms with Gasteiger partial charge in [-0.05, 0) is 51.4 Å². The summed E-state index contributed by atoms with van der Waals surface area (Å²) >= 11 is 5.99. The van der Waals surface area contributed by atoms with E-state index in [2.05, 4.69) is 27.1 Å². The molecule has 0 saturated carbocycles. The van der Waals surface area contributed by atoms with E-state index in [-0.39, 0.29) is 0 Å². The van der Waals surface area contributed by atoms with E-state index >= 15 is 0 Å². The average molecular weight is 283 g/mol. The summed E-state index contributed by atoms with van der Waals surface area (Å²) in [5.74, 6) is 1.57. The molecule has 1 aromatic rings. The third-order valence-corrected chi connectivity index (χ3v) is 3.79. The fraction of sp³-hybridized carbons (Fsp3) is 0.714. The molecule has 1 aliphatic heterocycles. The smallest absolute Gasteiger partial charge is 0.144 e. The van der Waals surface area contributed by atoms with Crippen LogP contribution in [0, 0.1) is 12.8 Å². The van der Waals surface area contributed by atoms with Crippen molar-refractivity contribution >= 4 is 11.6 Å². The maximum absolute atomic E-state index is 5.99. The number of hydrogen-bond acceptors (Lipinski definition) is 4. The molecule has 1 fully saturated rings. The van der Waals surface area contributed by atoms with Crippen LogP contribution in [0.3, 0.4) is 0 Å². The van der Waals surface area contributed by atoms with Gasteiger partial charge in [-0.2, -0.15) is 0 Å². The lowest BCUT2D eigenvalue weighted by atomic mass is 9.99. The van der Waals surface area contributed by atoms with E-state index in [1.807, 2.05) is 6.92 Å². The van der Waals surface area contributed by atoms with E-state index in [1.54, 1.807) is 6.07 Å². The molecule has 1 N–H and O–H groups in total. The van der Waals surface area contributed by atoms with Gasteiger partial charge in [-0.25, -0.2) is 9.97 Å². The summed E-state index contributed by atoms with van der Waals surface area (Å²) in [6.07, 6.45) is 2.61. The second-order valence-corrected chi connectivity index (χ2v) is 5.68. The number of rotatable bonds is 5. The first-order chi connectivity index (χ1) is 9.17. The standard InChI is InChI=1S/C14H23ClN4/c1-3-19(9-12-5-4-6-16-8-12)10-14-17-11(2)7-13(15)18-14/h7,12,16H,3-6,8-10H2,1-2H3. The summed E-state index contributed by atoms with van der Waals surface area (Å²) in [6.45, 7) is 9.36. The first kappa shape index (κ1) is 14.7. The molecule has 2 heterocycles. The zero-order valence-corrected chi connectivity index (χ0v) is 12.6. The molecular weight excluding hydrogens is 260 g/mol. The number of aryl methyl sites for hydroxylation is 1. The van der Waals surface area contributed by atoms with E-state index < -0.39 is 0 Å². The fourth-order valence-corrected chi connectivity index (χ4v) is 2.87. The van der Waals surface area contributed by atoms with E-state index in [4.69, 9.17) is 11.6 Å². The van der Waals surface area contributed by atoms with Crippen LogP contribution < -0.4 is 5.32 Å². The molecule has 4 nitrogen and oxygen atoms in total. The summed E-state index contributed by atoms with van der Waals surface area (Å²) in [4.78, 5) is 11.2. The van der Waals surface area contributed by atoms with Gasteiger partial charge in [0.05, 0.1) is 6.54 Å². The zero-order chi connectivity index (χ0) is 13.7. The predicted octanol–water partition coefficient (Wildman–Crippen LogP) is 2.26. The number of nitrogens with zero attached hydrogens (tertiary/aromatic N) is 3. The molecule has 0 bridgehead atoms. The summed E-state index contributed by atoms with van der Waals surface area (Å²) in [5, 5.41) is 4.01. The summed E-state index contributed by atoms with van der Waals surface area (Å²) < 4.78 is 0. The maximum Gasteiger partial charge on any atom is 0.144 e. The Morgan fingerprint density at radius 2 is 2.32 bits per heavy atom. The van der Waals surface area contributed by atoms with Gasteiger partial charge in [0.2, 0.25) is 0 Å². The lowest BCUT2D eigenvalue weighted by molar-refractivity contribution is 0.205. The summed E-state index contributed by atoms with van der Waals surface area (Å²) in [6, 6.07) is 1.80. The molecule has 5 heteroatoms. The summed E-state index contributed by atoms with van der Waals surface area (Å²) in [7, 11) is 0. The third kappa shape index (κ3) is 4.71. The third-order valence-electron chi connectivity index (χ3n) is 3.60. The van der Waals surface area contributed by atoms with E-state index in [9.17, 15) is 0 Å². The Hall–Kier alpha value is -0.710. The molecule has 1 aliphatic rings. The monoisotopic (exact) mass is 282 g/mol. The van der Waals surface area contributed by atoms with Crippen LogP contribution in [0.2, 0.25) is 5.15 Å². The highest BCUT2D eigenvalue weighted by Crippen LogP contribution is 2.14. The van der Waals surface area contributed by atoms with Crippen LogP contribution in [0.15, 0.2) is 6.07 Å². The van der Waals surface area contributed by atoms with Crippen molar-refractivity contribution in [3.05, 3.63) is 22.7 Å². The van der Waals surface area contributed by atoms with Crippen molar-refractivity contribution in [3.63, 3.8) is 0 Å². The van der Waals surface area contributed by atoms with Crippen LogP contribution in [0.5, 0.6) is 0 Å². The molecule has 0 amide bonds.